The molecule has 1 saturated heterocycles. The first-order chi connectivity index (χ1) is 14.3. The van der Waals surface area contributed by atoms with Crippen molar-refractivity contribution in [3.05, 3.63) is 71.8 Å². The highest BCUT2D eigenvalue weighted by molar-refractivity contribution is 7.92. The van der Waals surface area contributed by atoms with Crippen LogP contribution < -0.4 is 4.31 Å². The van der Waals surface area contributed by atoms with E-state index in [9.17, 15) is 8.42 Å². The SMILES string of the molecule is C=C(CN1CCCCC1)CC1(C)CN(S(=O)(=O)c2ccc(C)cc2)c2ccccc21. The number of fused-ring (bicyclic) bond motifs is 1. The maximum Gasteiger partial charge on any atom is 0.264 e. The van der Waals surface area contributed by atoms with Crippen LogP contribution >= 0.6 is 0 Å². The molecule has 2 aliphatic rings. The zero-order valence-electron chi connectivity index (χ0n) is 18.1. The molecular formula is C25H32N2O2S. The maximum absolute atomic E-state index is 13.5. The molecule has 2 heterocycles. The van der Waals surface area contributed by atoms with Crippen molar-refractivity contribution in [2.24, 2.45) is 0 Å². The van der Waals surface area contributed by atoms with Crippen molar-refractivity contribution in [1.29, 1.82) is 0 Å². The first kappa shape index (κ1) is 21.1. The van der Waals surface area contributed by atoms with E-state index in [1.807, 2.05) is 37.3 Å². The Hall–Kier alpha value is -2.11. The number of nitrogens with zero attached hydrogens (tertiary/aromatic N) is 2. The summed E-state index contributed by atoms with van der Waals surface area (Å²) >= 11 is 0. The van der Waals surface area contributed by atoms with Crippen LogP contribution in [0.2, 0.25) is 0 Å². The molecule has 2 aliphatic heterocycles. The molecule has 0 saturated carbocycles. The molecule has 0 amide bonds. The number of rotatable bonds is 6. The number of likely N-dealkylation sites (tertiary alicyclic amines) is 1. The highest BCUT2D eigenvalue weighted by atomic mass is 32.2. The van der Waals surface area contributed by atoms with Gasteiger partial charge in [-0.25, -0.2) is 8.42 Å². The molecule has 4 rings (SSSR count). The number of sulfonamides is 1. The highest BCUT2D eigenvalue weighted by Crippen LogP contribution is 2.46. The van der Waals surface area contributed by atoms with Gasteiger partial charge in [0.05, 0.1) is 10.6 Å². The largest absolute Gasteiger partial charge is 0.299 e. The van der Waals surface area contributed by atoms with Crippen molar-refractivity contribution in [1.82, 2.24) is 4.90 Å². The first-order valence-electron chi connectivity index (χ1n) is 10.9. The third kappa shape index (κ3) is 4.06. The summed E-state index contributed by atoms with van der Waals surface area (Å²) in [6.07, 6.45) is 4.63. The summed E-state index contributed by atoms with van der Waals surface area (Å²) in [5.74, 6) is 0. The molecule has 160 valence electrons. The van der Waals surface area contributed by atoms with Crippen molar-refractivity contribution < 1.29 is 8.42 Å². The van der Waals surface area contributed by atoms with E-state index in [1.54, 1.807) is 16.4 Å². The normalized spacial score (nSPS) is 22.1. The Morgan fingerprint density at radius 3 is 2.40 bits per heavy atom. The van der Waals surface area contributed by atoms with Gasteiger partial charge >= 0.3 is 0 Å². The lowest BCUT2D eigenvalue weighted by Gasteiger charge is -2.31. The lowest BCUT2D eigenvalue weighted by atomic mass is 9.79. The third-order valence-electron chi connectivity index (χ3n) is 6.46. The Morgan fingerprint density at radius 2 is 1.70 bits per heavy atom. The fourth-order valence-electron chi connectivity index (χ4n) is 4.93. The summed E-state index contributed by atoms with van der Waals surface area (Å²) in [5.41, 5.74) is 3.85. The Labute approximate surface area is 181 Å². The zero-order chi connectivity index (χ0) is 21.4. The van der Waals surface area contributed by atoms with Crippen LogP contribution in [0, 0.1) is 6.92 Å². The Kier molecular flexibility index (Phi) is 5.78. The van der Waals surface area contributed by atoms with Crippen molar-refractivity contribution in [3.8, 4) is 0 Å². The number of aryl methyl sites for hydroxylation is 1. The Bertz CT molecular complexity index is 1020. The van der Waals surface area contributed by atoms with E-state index in [0.717, 1.165) is 42.9 Å². The predicted molar refractivity (Wildman–Crippen MR) is 124 cm³/mol. The molecule has 0 spiro atoms. The highest BCUT2D eigenvalue weighted by Gasteiger charge is 2.44. The molecule has 5 heteroatoms. The van der Waals surface area contributed by atoms with E-state index in [-0.39, 0.29) is 5.41 Å². The van der Waals surface area contributed by atoms with Crippen molar-refractivity contribution >= 4 is 15.7 Å². The summed E-state index contributed by atoms with van der Waals surface area (Å²) in [4.78, 5) is 2.83. The van der Waals surface area contributed by atoms with Gasteiger partial charge in [0.1, 0.15) is 0 Å². The maximum atomic E-state index is 13.5. The molecule has 30 heavy (non-hydrogen) atoms. The fourth-order valence-corrected chi connectivity index (χ4v) is 6.54. The van der Waals surface area contributed by atoms with Crippen LogP contribution in [0.3, 0.4) is 0 Å². The van der Waals surface area contributed by atoms with Gasteiger partial charge in [-0.15, -0.1) is 0 Å². The van der Waals surface area contributed by atoms with Crippen molar-refractivity contribution in [3.63, 3.8) is 0 Å². The second-order valence-electron chi connectivity index (χ2n) is 9.17. The molecule has 0 radical (unpaired) electrons. The monoisotopic (exact) mass is 424 g/mol. The van der Waals surface area contributed by atoms with Gasteiger partial charge in [0.25, 0.3) is 10.0 Å². The van der Waals surface area contributed by atoms with Crippen LogP contribution in [-0.4, -0.2) is 39.5 Å². The fraction of sp³-hybridized carbons (Fsp3) is 0.440. The van der Waals surface area contributed by atoms with Crippen molar-refractivity contribution in [2.45, 2.75) is 49.8 Å². The van der Waals surface area contributed by atoms with Gasteiger partial charge in [0.15, 0.2) is 0 Å². The summed E-state index contributed by atoms with van der Waals surface area (Å²) in [5, 5.41) is 0. The molecule has 2 aromatic rings. The minimum Gasteiger partial charge on any atom is -0.299 e. The summed E-state index contributed by atoms with van der Waals surface area (Å²) in [7, 11) is -3.61. The first-order valence-corrected chi connectivity index (χ1v) is 12.3. The number of hydrogen-bond acceptors (Lipinski definition) is 3. The van der Waals surface area contributed by atoms with Gasteiger partial charge in [-0.1, -0.05) is 61.4 Å². The molecule has 1 fully saturated rings. The van der Waals surface area contributed by atoms with E-state index < -0.39 is 10.0 Å². The summed E-state index contributed by atoms with van der Waals surface area (Å²) in [6.45, 7) is 12.1. The molecule has 2 aromatic carbocycles. The Balaban J connectivity index is 1.60. The van der Waals surface area contributed by atoms with Gasteiger partial charge in [-0.05, 0) is 63.0 Å². The average Bonchev–Trinajstić information content (AvgIpc) is 3.02. The van der Waals surface area contributed by atoms with E-state index in [4.69, 9.17) is 0 Å². The van der Waals surface area contributed by atoms with Gasteiger partial charge in [0.2, 0.25) is 0 Å². The van der Waals surface area contributed by atoms with Gasteiger partial charge in [0, 0.05) is 18.5 Å². The average molecular weight is 425 g/mol. The van der Waals surface area contributed by atoms with Gasteiger partial charge in [-0.2, -0.15) is 0 Å². The molecule has 0 N–H and O–H groups in total. The Morgan fingerprint density at radius 1 is 1.03 bits per heavy atom. The van der Waals surface area contributed by atoms with E-state index >= 15 is 0 Å². The lowest BCUT2D eigenvalue weighted by Crippen LogP contribution is -2.37. The van der Waals surface area contributed by atoms with E-state index in [0.29, 0.717) is 11.4 Å². The number of hydrogen-bond donors (Lipinski definition) is 0. The standard InChI is InChI=1S/C25H32N2O2S/c1-20-11-13-22(14-12-20)30(28,29)27-19-25(3,23-9-5-6-10-24(23)27)17-21(2)18-26-15-7-4-8-16-26/h5-6,9-14H,2,4,7-8,15-19H2,1,3H3. The number of para-hydroxylation sites is 1. The summed E-state index contributed by atoms with van der Waals surface area (Å²) < 4.78 is 28.6. The number of anilines is 1. The second-order valence-corrected chi connectivity index (χ2v) is 11.0. The number of benzene rings is 2. The third-order valence-corrected chi connectivity index (χ3v) is 8.23. The van der Waals surface area contributed by atoms with Crippen LogP contribution in [0.25, 0.3) is 0 Å². The van der Waals surface area contributed by atoms with Crippen LogP contribution in [0.5, 0.6) is 0 Å². The molecular weight excluding hydrogens is 392 g/mol. The molecule has 1 atom stereocenters. The predicted octanol–water partition coefficient (Wildman–Crippen LogP) is 4.89. The van der Waals surface area contributed by atoms with Crippen LogP contribution in [-0.2, 0) is 15.4 Å². The molecule has 0 aliphatic carbocycles. The minimum atomic E-state index is -3.61. The number of piperidine rings is 1. The zero-order valence-corrected chi connectivity index (χ0v) is 18.9. The molecule has 0 bridgehead atoms. The molecule has 1 unspecified atom stereocenters. The van der Waals surface area contributed by atoms with Crippen LogP contribution in [0.1, 0.15) is 43.7 Å². The van der Waals surface area contributed by atoms with Crippen molar-refractivity contribution in [2.75, 3.05) is 30.5 Å². The second kappa shape index (κ2) is 8.20. The topological polar surface area (TPSA) is 40.6 Å². The van der Waals surface area contributed by atoms with Crippen LogP contribution in [0.4, 0.5) is 5.69 Å². The smallest absolute Gasteiger partial charge is 0.264 e. The quantitative estimate of drug-likeness (QED) is 0.620. The molecule has 0 aromatic heterocycles. The van der Waals surface area contributed by atoms with E-state index in [1.165, 1.54) is 24.8 Å². The lowest BCUT2D eigenvalue weighted by molar-refractivity contribution is 0.242. The summed E-state index contributed by atoms with van der Waals surface area (Å²) in [6, 6.07) is 15.1. The molecule has 4 nitrogen and oxygen atoms in total. The van der Waals surface area contributed by atoms with Crippen LogP contribution in [0.15, 0.2) is 65.6 Å². The van der Waals surface area contributed by atoms with Gasteiger partial charge < -0.3 is 0 Å². The minimum absolute atomic E-state index is 0.277. The van der Waals surface area contributed by atoms with Gasteiger partial charge in [-0.3, -0.25) is 9.21 Å². The van der Waals surface area contributed by atoms with E-state index in [2.05, 4.69) is 24.5 Å².